The quantitative estimate of drug-likeness (QED) is 0.630. The number of hydrogen-bond acceptors (Lipinski definition) is 4. The molecule has 1 N–H and O–H groups in total. The van der Waals surface area contributed by atoms with Crippen LogP contribution in [0, 0.1) is 11.8 Å². The average Bonchev–Trinajstić information content (AvgIpc) is 2.37. The molecule has 1 aliphatic carbocycles. The van der Waals surface area contributed by atoms with Gasteiger partial charge in [0.2, 0.25) is 0 Å². The Morgan fingerprint density at radius 2 is 1.90 bits per heavy atom. The summed E-state index contributed by atoms with van der Waals surface area (Å²) in [6.45, 7) is 11.7. The van der Waals surface area contributed by atoms with Gasteiger partial charge in [-0.2, -0.15) is 0 Å². The Hall–Kier alpha value is -0.160. The summed E-state index contributed by atoms with van der Waals surface area (Å²) in [5.41, 5.74) is 0. The molecule has 120 valence electrons. The van der Waals surface area contributed by atoms with Crippen LogP contribution in [0.15, 0.2) is 0 Å². The first-order chi connectivity index (χ1) is 9.60. The maximum Gasteiger partial charge on any atom is 0.0615 e. The smallest absolute Gasteiger partial charge is 0.0615 e. The molecule has 0 heterocycles. The predicted molar refractivity (Wildman–Crippen MR) is 84.1 cm³/mol. The third-order valence-electron chi connectivity index (χ3n) is 4.29. The topological polar surface area (TPSA) is 33.7 Å². The molecular weight excluding hydrogens is 252 g/mol. The summed E-state index contributed by atoms with van der Waals surface area (Å²) < 4.78 is 10.6. The van der Waals surface area contributed by atoms with E-state index in [1.165, 1.54) is 12.8 Å². The van der Waals surface area contributed by atoms with Gasteiger partial charge in [0, 0.05) is 32.8 Å². The lowest BCUT2D eigenvalue weighted by Gasteiger charge is -2.47. The van der Waals surface area contributed by atoms with E-state index in [0.29, 0.717) is 12.1 Å². The molecule has 4 nitrogen and oxygen atoms in total. The van der Waals surface area contributed by atoms with Crippen LogP contribution >= 0.6 is 0 Å². The van der Waals surface area contributed by atoms with Gasteiger partial charge in [0.05, 0.1) is 13.2 Å². The van der Waals surface area contributed by atoms with Gasteiger partial charge in [-0.1, -0.05) is 13.8 Å². The molecule has 1 rings (SSSR count). The van der Waals surface area contributed by atoms with Gasteiger partial charge in [0.1, 0.15) is 0 Å². The highest BCUT2D eigenvalue weighted by Crippen LogP contribution is 2.32. The van der Waals surface area contributed by atoms with Crippen molar-refractivity contribution in [2.75, 3.05) is 47.1 Å². The maximum absolute atomic E-state index is 5.33. The van der Waals surface area contributed by atoms with E-state index in [4.69, 9.17) is 9.47 Å². The van der Waals surface area contributed by atoms with Crippen molar-refractivity contribution in [2.24, 2.45) is 11.8 Å². The van der Waals surface area contributed by atoms with Crippen LogP contribution in [-0.4, -0.2) is 64.1 Å². The van der Waals surface area contributed by atoms with Gasteiger partial charge < -0.3 is 14.8 Å². The summed E-state index contributed by atoms with van der Waals surface area (Å²) in [6, 6.07) is 1.16. The number of methoxy groups -OCH3 is 2. The second-order valence-electron chi connectivity index (χ2n) is 6.49. The van der Waals surface area contributed by atoms with Crippen LogP contribution < -0.4 is 5.32 Å². The van der Waals surface area contributed by atoms with Crippen molar-refractivity contribution in [3.8, 4) is 0 Å². The second kappa shape index (κ2) is 9.72. The van der Waals surface area contributed by atoms with Gasteiger partial charge in [-0.05, 0) is 44.7 Å². The molecular formula is C16H34N2O2. The molecule has 0 amide bonds. The Morgan fingerprint density at radius 1 is 1.15 bits per heavy atom. The summed E-state index contributed by atoms with van der Waals surface area (Å²) >= 11 is 0. The molecule has 0 spiro atoms. The lowest BCUT2D eigenvalue weighted by molar-refractivity contribution is -0.00946. The normalized spacial score (nSPS) is 24.1. The fourth-order valence-corrected chi connectivity index (χ4v) is 3.03. The predicted octanol–water partition coefficient (Wildman–Crippen LogP) is 1.99. The zero-order valence-corrected chi connectivity index (χ0v) is 14.0. The highest BCUT2D eigenvalue weighted by molar-refractivity contribution is 4.92. The SMILES string of the molecule is COCCN(C(C)COC)C1CCC1CNCC(C)C. The maximum atomic E-state index is 5.33. The van der Waals surface area contributed by atoms with Crippen LogP contribution in [0.5, 0.6) is 0 Å². The standard InChI is InChI=1S/C16H34N2O2/c1-13(2)10-17-11-15-6-7-16(15)18(8-9-19-4)14(3)12-20-5/h13-17H,6-12H2,1-5H3. The molecule has 0 bridgehead atoms. The van der Waals surface area contributed by atoms with Crippen molar-refractivity contribution in [1.82, 2.24) is 10.2 Å². The molecule has 0 aliphatic heterocycles. The fourth-order valence-electron chi connectivity index (χ4n) is 3.03. The molecule has 1 aliphatic rings. The zero-order chi connectivity index (χ0) is 15.0. The fraction of sp³-hybridized carbons (Fsp3) is 1.00. The number of hydrogen-bond donors (Lipinski definition) is 1. The molecule has 3 atom stereocenters. The molecule has 0 aromatic rings. The van der Waals surface area contributed by atoms with E-state index < -0.39 is 0 Å². The minimum absolute atomic E-state index is 0.466. The number of ether oxygens (including phenoxy) is 2. The van der Waals surface area contributed by atoms with Crippen LogP contribution in [0.25, 0.3) is 0 Å². The first-order valence-corrected chi connectivity index (χ1v) is 8.04. The van der Waals surface area contributed by atoms with Gasteiger partial charge in [-0.25, -0.2) is 0 Å². The Bertz CT molecular complexity index is 249. The Morgan fingerprint density at radius 3 is 2.40 bits per heavy atom. The molecule has 0 aromatic carbocycles. The average molecular weight is 286 g/mol. The summed E-state index contributed by atoms with van der Waals surface area (Å²) in [7, 11) is 3.56. The molecule has 1 fully saturated rings. The molecule has 20 heavy (non-hydrogen) atoms. The second-order valence-corrected chi connectivity index (χ2v) is 6.49. The largest absolute Gasteiger partial charge is 0.383 e. The number of nitrogens with one attached hydrogen (secondary N) is 1. The van der Waals surface area contributed by atoms with Crippen LogP contribution in [-0.2, 0) is 9.47 Å². The first-order valence-electron chi connectivity index (χ1n) is 8.04. The van der Waals surface area contributed by atoms with Crippen LogP contribution in [0.1, 0.15) is 33.6 Å². The molecule has 4 heteroatoms. The molecule has 1 saturated carbocycles. The van der Waals surface area contributed by atoms with Crippen molar-refractivity contribution < 1.29 is 9.47 Å². The summed E-state index contributed by atoms with van der Waals surface area (Å²) in [4.78, 5) is 2.58. The van der Waals surface area contributed by atoms with E-state index in [2.05, 4.69) is 31.0 Å². The van der Waals surface area contributed by atoms with Crippen molar-refractivity contribution in [1.29, 1.82) is 0 Å². The third kappa shape index (κ3) is 5.68. The van der Waals surface area contributed by atoms with E-state index in [1.54, 1.807) is 14.2 Å². The van der Waals surface area contributed by atoms with E-state index in [0.717, 1.165) is 44.7 Å². The van der Waals surface area contributed by atoms with Crippen molar-refractivity contribution >= 4 is 0 Å². The highest BCUT2D eigenvalue weighted by Gasteiger charge is 2.36. The Labute approximate surface area is 125 Å². The van der Waals surface area contributed by atoms with Crippen molar-refractivity contribution in [3.05, 3.63) is 0 Å². The van der Waals surface area contributed by atoms with E-state index in [9.17, 15) is 0 Å². The first kappa shape index (κ1) is 17.9. The van der Waals surface area contributed by atoms with E-state index in [-0.39, 0.29) is 0 Å². The third-order valence-corrected chi connectivity index (χ3v) is 4.29. The van der Waals surface area contributed by atoms with E-state index in [1.807, 2.05) is 0 Å². The molecule has 3 unspecified atom stereocenters. The highest BCUT2D eigenvalue weighted by atomic mass is 16.5. The molecule has 0 saturated heterocycles. The van der Waals surface area contributed by atoms with Gasteiger partial charge >= 0.3 is 0 Å². The van der Waals surface area contributed by atoms with Crippen LogP contribution in [0.2, 0.25) is 0 Å². The summed E-state index contributed by atoms with van der Waals surface area (Å²) in [5.74, 6) is 1.51. The lowest BCUT2D eigenvalue weighted by Crippen LogP contribution is -2.55. The van der Waals surface area contributed by atoms with Crippen molar-refractivity contribution in [3.63, 3.8) is 0 Å². The molecule has 0 aromatic heterocycles. The van der Waals surface area contributed by atoms with E-state index >= 15 is 0 Å². The zero-order valence-electron chi connectivity index (χ0n) is 14.0. The number of rotatable bonds is 11. The number of nitrogens with zero attached hydrogens (tertiary/aromatic N) is 1. The minimum Gasteiger partial charge on any atom is -0.383 e. The van der Waals surface area contributed by atoms with Gasteiger partial charge in [0.15, 0.2) is 0 Å². The minimum atomic E-state index is 0.466. The van der Waals surface area contributed by atoms with Crippen molar-refractivity contribution in [2.45, 2.75) is 45.7 Å². The lowest BCUT2D eigenvalue weighted by atomic mass is 9.77. The van der Waals surface area contributed by atoms with Crippen LogP contribution in [0.4, 0.5) is 0 Å². The van der Waals surface area contributed by atoms with Gasteiger partial charge in [-0.3, -0.25) is 4.90 Å². The van der Waals surface area contributed by atoms with Gasteiger partial charge in [-0.15, -0.1) is 0 Å². The Balaban J connectivity index is 2.43. The summed E-state index contributed by atoms with van der Waals surface area (Å²) in [5, 5.41) is 3.61. The Kier molecular flexibility index (Phi) is 8.69. The monoisotopic (exact) mass is 286 g/mol. The van der Waals surface area contributed by atoms with Crippen LogP contribution in [0.3, 0.4) is 0 Å². The molecule has 0 radical (unpaired) electrons. The summed E-state index contributed by atoms with van der Waals surface area (Å²) in [6.07, 6.45) is 2.66. The van der Waals surface area contributed by atoms with Gasteiger partial charge in [0.25, 0.3) is 0 Å².